The number of allylic oxidation sites excluding steroid dienone is 1. The zero-order valence-corrected chi connectivity index (χ0v) is 14.8. The van der Waals surface area contributed by atoms with Gasteiger partial charge < -0.3 is 9.47 Å². The van der Waals surface area contributed by atoms with E-state index in [0.717, 1.165) is 16.9 Å². The van der Waals surface area contributed by atoms with Crippen molar-refractivity contribution in [2.45, 2.75) is 25.9 Å². The number of non-ortho nitro benzene ring substituents is 1. The minimum atomic E-state index is -0.442. The lowest BCUT2D eigenvalue weighted by Crippen LogP contribution is -2.13. The van der Waals surface area contributed by atoms with Gasteiger partial charge in [0.05, 0.1) is 18.0 Å². The predicted molar refractivity (Wildman–Crippen MR) is 96.0 cm³/mol. The van der Waals surface area contributed by atoms with Gasteiger partial charge in [-0.05, 0) is 37.1 Å². The van der Waals surface area contributed by atoms with E-state index >= 15 is 0 Å². The fourth-order valence-electron chi connectivity index (χ4n) is 3.36. The van der Waals surface area contributed by atoms with Gasteiger partial charge in [0.15, 0.2) is 5.78 Å². The fourth-order valence-corrected chi connectivity index (χ4v) is 3.36. The van der Waals surface area contributed by atoms with Gasteiger partial charge >= 0.3 is 0 Å². The zero-order valence-electron chi connectivity index (χ0n) is 14.8. The first kappa shape index (κ1) is 17.7. The summed E-state index contributed by atoms with van der Waals surface area (Å²) in [5.74, 6) is 0.931. The van der Waals surface area contributed by atoms with Crippen molar-refractivity contribution >= 4 is 11.5 Å². The number of ketones is 1. The minimum Gasteiger partial charge on any atom is -0.497 e. The lowest BCUT2D eigenvalue weighted by Gasteiger charge is -2.22. The van der Waals surface area contributed by atoms with Crippen LogP contribution in [-0.4, -0.2) is 17.8 Å². The van der Waals surface area contributed by atoms with Crippen LogP contribution < -0.4 is 4.74 Å². The highest BCUT2D eigenvalue weighted by Gasteiger charge is 2.39. The number of rotatable bonds is 5. The van der Waals surface area contributed by atoms with Gasteiger partial charge in [0.25, 0.3) is 5.69 Å². The maximum atomic E-state index is 12.2. The van der Waals surface area contributed by atoms with E-state index in [2.05, 4.69) is 0 Å². The lowest BCUT2D eigenvalue weighted by molar-refractivity contribution is -0.384. The number of nitro groups is 1. The third kappa shape index (κ3) is 3.18. The summed E-state index contributed by atoms with van der Waals surface area (Å²) in [6.45, 7) is 3.29. The molecule has 0 N–H and O–H groups in total. The van der Waals surface area contributed by atoms with Gasteiger partial charge in [-0.1, -0.05) is 24.3 Å². The van der Waals surface area contributed by atoms with E-state index in [0.29, 0.717) is 11.3 Å². The van der Waals surface area contributed by atoms with Crippen molar-refractivity contribution in [1.82, 2.24) is 0 Å². The van der Waals surface area contributed by atoms with Crippen LogP contribution in [0.3, 0.4) is 0 Å². The number of benzene rings is 2. The molecule has 2 atom stereocenters. The molecule has 0 fully saturated rings. The van der Waals surface area contributed by atoms with Gasteiger partial charge in [-0.25, -0.2) is 0 Å². The third-order valence-electron chi connectivity index (χ3n) is 4.58. The van der Waals surface area contributed by atoms with E-state index in [4.69, 9.17) is 9.47 Å². The second-order valence-electron chi connectivity index (χ2n) is 6.16. The molecule has 0 aliphatic carbocycles. The number of methoxy groups -OCH3 is 1. The number of Topliss-reactive ketones (excluding diaryl/α,β-unsaturated/α-hetero) is 1. The van der Waals surface area contributed by atoms with Crippen LogP contribution in [0.15, 0.2) is 59.9 Å². The molecule has 2 aromatic carbocycles. The summed E-state index contributed by atoms with van der Waals surface area (Å²) in [6.07, 6.45) is -0.374. The molecule has 2 aromatic rings. The van der Waals surface area contributed by atoms with E-state index in [1.165, 1.54) is 19.1 Å². The molecular weight excluding hydrogens is 334 g/mol. The summed E-state index contributed by atoms with van der Waals surface area (Å²) >= 11 is 0. The topological polar surface area (TPSA) is 78.7 Å². The van der Waals surface area contributed by atoms with Crippen molar-refractivity contribution in [3.8, 4) is 5.75 Å². The van der Waals surface area contributed by atoms with Crippen LogP contribution in [-0.2, 0) is 9.53 Å². The van der Waals surface area contributed by atoms with Gasteiger partial charge in [0, 0.05) is 17.7 Å². The van der Waals surface area contributed by atoms with Crippen molar-refractivity contribution in [1.29, 1.82) is 0 Å². The fraction of sp³-hybridized carbons (Fsp3) is 0.250. The van der Waals surface area contributed by atoms with Crippen LogP contribution in [0.25, 0.3) is 0 Å². The average molecular weight is 353 g/mol. The second-order valence-corrected chi connectivity index (χ2v) is 6.16. The zero-order chi connectivity index (χ0) is 18.8. The van der Waals surface area contributed by atoms with Gasteiger partial charge in [-0.2, -0.15) is 0 Å². The van der Waals surface area contributed by atoms with Crippen LogP contribution >= 0.6 is 0 Å². The summed E-state index contributed by atoms with van der Waals surface area (Å²) in [5.41, 5.74) is 2.32. The van der Waals surface area contributed by atoms with Crippen molar-refractivity contribution in [2.75, 3.05) is 7.11 Å². The van der Waals surface area contributed by atoms with E-state index in [-0.39, 0.29) is 23.5 Å². The van der Waals surface area contributed by atoms with Gasteiger partial charge in [0.2, 0.25) is 0 Å². The quantitative estimate of drug-likeness (QED) is 0.591. The first-order chi connectivity index (χ1) is 12.4. The van der Waals surface area contributed by atoms with E-state index < -0.39 is 4.92 Å². The Labute approximate surface area is 151 Å². The molecule has 26 heavy (non-hydrogen) atoms. The summed E-state index contributed by atoms with van der Waals surface area (Å²) in [6, 6.07) is 13.8. The van der Waals surface area contributed by atoms with E-state index in [9.17, 15) is 14.9 Å². The Balaban J connectivity index is 2.04. The molecule has 1 aliphatic heterocycles. The molecule has 0 bridgehead atoms. The Morgan fingerprint density at radius 2 is 1.65 bits per heavy atom. The molecule has 1 aliphatic rings. The number of carbonyl (C=O) groups is 1. The first-order valence-corrected chi connectivity index (χ1v) is 8.19. The van der Waals surface area contributed by atoms with Crippen LogP contribution in [0.2, 0.25) is 0 Å². The van der Waals surface area contributed by atoms with Gasteiger partial charge in [-0.15, -0.1) is 0 Å². The number of nitro benzene ring substituents is 1. The van der Waals surface area contributed by atoms with Crippen molar-refractivity contribution in [2.24, 2.45) is 0 Å². The highest BCUT2D eigenvalue weighted by Crippen LogP contribution is 2.48. The monoisotopic (exact) mass is 353 g/mol. The average Bonchev–Trinajstić information content (AvgIpc) is 2.99. The molecule has 0 radical (unpaired) electrons. The molecule has 6 heteroatoms. The van der Waals surface area contributed by atoms with Gasteiger partial charge in [-0.3, -0.25) is 14.9 Å². The maximum absolute atomic E-state index is 12.2. The Hall–Kier alpha value is -3.15. The molecule has 0 saturated heterocycles. The number of carbonyl (C=O) groups excluding carboxylic acids is 1. The summed E-state index contributed by atoms with van der Waals surface area (Å²) in [4.78, 5) is 22.7. The highest BCUT2D eigenvalue weighted by molar-refractivity contribution is 5.96. The summed E-state index contributed by atoms with van der Waals surface area (Å²) < 4.78 is 11.2. The summed E-state index contributed by atoms with van der Waals surface area (Å²) in [5, 5.41) is 10.9. The number of nitrogens with zero attached hydrogens (tertiary/aromatic N) is 1. The number of hydrogen-bond acceptors (Lipinski definition) is 5. The smallest absolute Gasteiger partial charge is 0.269 e. The Morgan fingerprint density at radius 3 is 2.15 bits per heavy atom. The molecule has 1 heterocycles. The third-order valence-corrected chi connectivity index (χ3v) is 4.58. The van der Waals surface area contributed by atoms with E-state index in [1.54, 1.807) is 26.2 Å². The minimum absolute atomic E-state index is 0.0127. The van der Waals surface area contributed by atoms with Crippen molar-refractivity contribution in [3.63, 3.8) is 0 Å². The second kappa shape index (κ2) is 7.00. The van der Waals surface area contributed by atoms with Crippen LogP contribution in [0.4, 0.5) is 5.69 Å². The Kier molecular flexibility index (Phi) is 4.75. The molecule has 3 rings (SSSR count). The van der Waals surface area contributed by atoms with Gasteiger partial charge in [0.1, 0.15) is 17.6 Å². The number of ether oxygens (including phenoxy) is 2. The number of hydrogen-bond donors (Lipinski definition) is 0. The van der Waals surface area contributed by atoms with Crippen LogP contribution in [0, 0.1) is 10.1 Å². The molecule has 134 valence electrons. The first-order valence-electron chi connectivity index (χ1n) is 8.19. The van der Waals surface area contributed by atoms with Crippen LogP contribution in [0.5, 0.6) is 5.75 Å². The van der Waals surface area contributed by atoms with Crippen molar-refractivity contribution in [3.05, 3.63) is 81.1 Å². The Bertz CT molecular complexity index is 868. The largest absolute Gasteiger partial charge is 0.497 e. The SMILES string of the molecule is COc1ccc([C@@H]2OC(C)=C(C(C)=O)[C@@H]2c2ccc([N+](=O)[O-])cc2)cc1. The Morgan fingerprint density at radius 1 is 1.08 bits per heavy atom. The maximum Gasteiger partial charge on any atom is 0.269 e. The molecule has 0 aromatic heterocycles. The van der Waals surface area contributed by atoms with Crippen molar-refractivity contribution < 1.29 is 19.2 Å². The molecule has 0 spiro atoms. The molecule has 0 saturated carbocycles. The summed E-state index contributed by atoms with van der Waals surface area (Å²) in [7, 11) is 1.60. The molecule has 6 nitrogen and oxygen atoms in total. The predicted octanol–water partition coefficient (Wildman–Crippen LogP) is 4.32. The molecular formula is C20H19NO5. The molecule has 0 unspecified atom stereocenters. The van der Waals surface area contributed by atoms with Crippen LogP contribution in [0.1, 0.15) is 37.0 Å². The lowest BCUT2D eigenvalue weighted by atomic mass is 9.83. The highest BCUT2D eigenvalue weighted by atomic mass is 16.6. The normalized spacial score (nSPS) is 19.2. The molecule has 0 amide bonds. The standard InChI is InChI=1S/C20H19NO5/c1-12(22)18-13(2)26-20(15-6-10-17(25-3)11-7-15)19(18)14-4-8-16(9-5-14)21(23)24/h4-11,19-20H,1-3H3/t19-,20-/m0/s1. The van der Waals surface area contributed by atoms with E-state index in [1.807, 2.05) is 24.3 Å².